The summed E-state index contributed by atoms with van der Waals surface area (Å²) in [5.41, 5.74) is 7.62. The highest BCUT2D eigenvalue weighted by Crippen LogP contribution is 2.35. The lowest BCUT2D eigenvalue weighted by atomic mass is 10.1. The maximum atomic E-state index is 5.73. The van der Waals surface area contributed by atoms with Crippen molar-refractivity contribution >= 4 is 11.4 Å². The molecule has 0 amide bonds. The van der Waals surface area contributed by atoms with E-state index in [4.69, 9.17) is 15.2 Å². The number of benzene rings is 1. The Kier molecular flexibility index (Phi) is 1.95. The second-order valence-electron chi connectivity index (χ2n) is 3.96. The first-order valence-electron chi connectivity index (χ1n) is 5.21. The van der Waals surface area contributed by atoms with Gasteiger partial charge in [-0.2, -0.15) is 0 Å². The van der Waals surface area contributed by atoms with E-state index < -0.39 is 0 Å². The van der Waals surface area contributed by atoms with Gasteiger partial charge < -0.3 is 20.1 Å². The predicted octanol–water partition coefficient (Wildman–Crippen LogP) is 0.866. The Balaban J connectivity index is 1.95. The third kappa shape index (κ3) is 1.41. The maximum Gasteiger partial charge on any atom is 0.144 e. The van der Waals surface area contributed by atoms with E-state index in [1.165, 1.54) is 0 Å². The molecule has 80 valence electrons. The molecule has 0 saturated carbocycles. The van der Waals surface area contributed by atoms with E-state index in [1.54, 1.807) is 0 Å². The van der Waals surface area contributed by atoms with Crippen LogP contribution in [0.2, 0.25) is 0 Å². The lowest BCUT2D eigenvalue weighted by molar-refractivity contribution is 0.00594. The Bertz CT molecular complexity index is 377. The Morgan fingerprint density at radius 1 is 1.33 bits per heavy atom. The molecular weight excluding hydrogens is 192 g/mol. The first-order valence-corrected chi connectivity index (χ1v) is 5.21. The first-order chi connectivity index (χ1) is 7.34. The van der Waals surface area contributed by atoms with E-state index in [1.807, 2.05) is 18.2 Å². The molecule has 15 heavy (non-hydrogen) atoms. The Labute approximate surface area is 88.6 Å². The van der Waals surface area contributed by atoms with E-state index in [2.05, 4.69) is 4.90 Å². The van der Waals surface area contributed by atoms with Crippen LogP contribution in [-0.2, 0) is 4.74 Å². The summed E-state index contributed by atoms with van der Waals surface area (Å²) >= 11 is 0. The molecule has 1 saturated heterocycles. The fraction of sp³-hybridized carbons (Fsp3) is 0.455. The molecule has 2 N–H and O–H groups in total. The van der Waals surface area contributed by atoms with Gasteiger partial charge in [0.05, 0.1) is 31.5 Å². The van der Waals surface area contributed by atoms with Gasteiger partial charge in [-0.1, -0.05) is 0 Å². The summed E-state index contributed by atoms with van der Waals surface area (Å²) < 4.78 is 10.8. The lowest BCUT2D eigenvalue weighted by Crippen LogP contribution is -2.52. The molecule has 2 heterocycles. The molecule has 1 fully saturated rings. The number of nitrogens with two attached hydrogens (primary N) is 1. The third-order valence-corrected chi connectivity index (χ3v) is 2.94. The largest absolute Gasteiger partial charge is 0.489 e. The Morgan fingerprint density at radius 3 is 2.93 bits per heavy atom. The summed E-state index contributed by atoms with van der Waals surface area (Å²) in [5.74, 6) is 0.896. The highest BCUT2D eigenvalue weighted by Gasteiger charge is 2.30. The van der Waals surface area contributed by atoms with Gasteiger partial charge in [-0.3, -0.25) is 0 Å². The summed E-state index contributed by atoms with van der Waals surface area (Å²) in [4.78, 5) is 2.35. The van der Waals surface area contributed by atoms with Gasteiger partial charge in [0.2, 0.25) is 0 Å². The van der Waals surface area contributed by atoms with Crippen molar-refractivity contribution in [3.8, 4) is 5.75 Å². The second kappa shape index (κ2) is 3.31. The minimum absolute atomic E-state index is 0.510. The normalized spacial score (nSPS) is 20.4. The molecule has 2 aliphatic heterocycles. The number of nitrogen functional groups attached to an aromatic ring is 1. The van der Waals surface area contributed by atoms with Crippen LogP contribution >= 0.6 is 0 Å². The van der Waals surface area contributed by atoms with Crippen LogP contribution in [0.1, 0.15) is 0 Å². The number of hydrogen-bond donors (Lipinski definition) is 1. The minimum Gasteiger partial charge on any atom is -0.489 e. The van der Waals surface area contributed by atoms with Crippen LogP contribution in [0.15, 0.2) is 18.2 Å². The zero-order valence-electron chi connectivity index (χ0n) is 8.48. The van der Waals surface area contributed by atoms with E-state index in [-0.39, 0.29) is 0 Å². The van der Waals surface area contributed by atoms with Gasteiger partial charge in [0.15, 0.2) is 0 Å². The molecule has 1 aromatic rings. The first kappa shape index (κ1) is 8.85. The number of hydrogen-bond acceptors (Lipinski definition) is 4. The number of fused-ring (bicyclic) bond motifs is 1. The molecule has 1 aromatic carbocycles. The summed E-state index contributed by atoms with van der Waals surface area (Å²) in [6.07, 6.45) is 0. The Morgan fingerprint density at radius 2 is 2.20 bits per heavy atom. The monoisotopic (exact) mass is 206 g/mol. The summed E-state index contributed by atoms with van der Waals surface area (Å²) in [6, 6.07) is 6.35. The fourth-order valence-electron chi connectivity index (χ4n) is 2.04. The molecule has 0 aliphatic carbocycles. The fourth-order valence-corrected chi connectivity index (χ4v) is 2.04. The molecule has 0 spiro atoms. The van der Waals surface area contributed by atoms with Gasteiger partial charge in [0.25, 0.3) is 0 Å². The standard InChI is InChI=1S/C11H14N2O2/c12-8-1-2-10-11(5-8)15-4-3-13(10)9-6-14-7-9/h1-2,5,9H,3-4,6-7,12H2. The molecule has 0 atom stereocenters. The van der Waals surface area contributed by atoms with Crippen molar-refractivity contribution in [2.75, 3.05) is 37.0 Å². The molecule has 4 heteroatoms. The van der Waals surface area contributed by atoms with Crippen LogP contribution in [-0.4, -0.2) is 32.4 Å². The molecule has 2 aliphatic rings. The van der Waals surface area contributed by atoms with Crippen molar-refractivity contribution in [1.29, 1.82) is 0 Å². The van der Waals surface area contributed by atoms with Crippen LogP contribution in [0.3, 0.4) is 0 Å². The van der Waals surface area contributed by atoms with Crippen molar-refractivity contribution in [2.45, 2.75) is 6.04 Å². The number of nitrogens with zero attached hydrogens (tertiary/aromatic N) is 1. The molecule has 0 radical (unpaired) electrons. The zero-order valence-corrected chi connectivity index (χ0v) is 8.48. The van der Waals surface area contributed by atoms with Gasteiger partial charge in [0.1, 0.15) is 12.4 Å². The molecule has 0 unspecified atom stereocenters. The van der Waals surface area contributed by atoms with Gasteiger partial charge in [-0.05, 0) is 12.1 Å². The Hall–Kier alpha value is -1.42. The quantitative estimate of drug-likeness (QED) is 0.692. The van der Waals surface area contributed by atoms with Gasteiger partial charge in [0, 0.05) is 11.8 Å². The summed E-state index contributed by atoms with van der Waals surface area (Å²) in [7, 11) is 0. The second-order valence-corrected chi connectivity index (χ2v) is 3.96. The zero-order chi connectivity index (χ0) is 10.3. The molecule has 0 bridgehead atoms. The number of anilines is 2. The maximum absolute atomic E-state index is 5.73. The highest BCUT2D eigenvalue weighted by molar-refractivity contribution is 5.65. The lowest BCUT2D eigenvalue weighted by Gasteiger charge is -2.41. The average molecular weight is 206 g/mol. The van der Waals surface area contributed by atoms with E-state index in [0.717, 1.165) is 43.5 Å². The third-order valence-electron chi connectivity index (χ3n) is 2.94. The molecule has 0 aromatic heterocycles. The van der Waals surface area contributed by atoms with Crippen LogP contribution in [0, 0.1) is 0 Å². The van der Waals surface area contributed by atoms with Crippen molar-refractivity contribution < 1.29 is 9.47 Å². The predicted molar refractivity (Wildman–Crippen MR) is 58.3 cm³/mol. The highest BCUT2D eigenvalue weighted by atomic mass is 16.5. The summed E-state index contributed by atoms with van der Waals surface area (Å²) in [5, 5.41) is 0. The van der Waals surface area contributed by atoms with Crippen molar-refractivity contribution in [3.63, 3.8) is 0 Å². The number of rotatable bonds is 1. The van der Waals surface area contributed by atoms with Crippen LogP contribution in [0.25, 0.3) is 0 Å². The smallest absolute Gasteiger partial charge is 0.144 e. The van der Waals surface area contributed by atoms with Crippen molar-refractivity contribution in [2.24, 2.45) is 0 Å². The molecule has 4 nitrogen and oxygen atoms in total. The minimum atomic E-state index is 0.510. The molecule has 3 rings (SSSR count). The topological polar surface area (TPSA) is 47.7 Å². The van der Waals surface area contributed by atoms with E-state index in [9.17, 15) is 0 Å². The van der Waals surface area contributed by atoms with Crippen molar-refractivity contribution in [3.05, 3.63) is 18.2 Å². The van der Waals surface area contributed by atoms with Gasteiger partial charge >= 0.3 is 0 Å². The number of ether oxygens (including phenoxy) is 2. The average Bonchev–Trinajstić information content (AvgIpc) is 2.15. The SMILES string of the molecule is Nc1ccc2c(c1)OCCN2C1COC1. The van der Waals surface area contributed by atoms with Crippen LogP contribution < -0.4 is 15.4 Å². The van der Waals surface area contributed by atoms with Gasteiger partial charge in [-0.15, -0.1) is 0 Å². The van der Waals surface area contributed by atoms with E-state index >= 15 is 0 Å². The van der Waals surface area contributed by atoms with Crippen molar-refractivity contribution in [1.82, 2.24) is 0 Å². The van der Waals surface area contributed by atoms with E-state index in [0.29, 0.717) is 6.04 Å². The van der Waals surface area contributed by atoms with Gasteiger partial charge in [-0.25, -0.2) is 0 Å². The van der Waals surface area contributed by atoms with Crippen LogP contribution in [0.4, 0.5) is 11.4 Å². The summed E-state index contributed by atoms with van der Waals surface area (Å²) in [6.45, 7) is 3.31. The molecular formula is C11H14N2O2. The van der Waals surface area contributed by atoms with Crippen LogP contribution in [0.5, 0.6) is 5.75 Å².